The Morgan fingerprint density at radius 3 is 2.73 bits per heavy atom. The number of likely N-dealkylation sites (tertiary alicyclic amines) is 1. The Kier molecular flexibility index (Phi) is 5.15. The maximum atomic E-state index is 11.7. The smallest absolute Gasteiger partial charge is 0.371 e. The third-order valence-corrected chi connectivity index (χ3v) is 2.82. The highest BCUT2D eigenvalue weighted by molar-refractivity contribution is 6.18. The highest BCUT2D eigenvalue weighted by Crippen LogP contribution is 2.18. The molecule has 0 N–H and O–H groups in total. The standard InChI is InChI=1S/C9H15ClF3NO/c10-6-8-2-1-3-14(8)4-5-15-7-9(11,12)13/h8H,1-7H2. The van der Waals surface area contributed by atoms with Gasteiger partial charge in [0.1, 0.15) is 6.61 Å². The molecule has 90 valence electrons. The number of halogens is 4. The minimum atomic E-state index is -4.23. The first-order valence-electron chi connectivity index (χ1n) is 4.97. The first kappa shape index (κ1) is 13.1. The first-order chi connectivity index (χ1) is 7.03. The van der Waals surface area contributed by atoms with Gasteiger partial charge in [-0.1, -0.05) is 0 Å². The number of hydrogen-bond donors (Lipinski definition) is 0. The third kappa shape index (κ3) is 5.04. The second kappa shape index (κ2) is 5.92. The number of alkyl halides is 4. The van der Waals surface area contributed by atoms with E-state index in [2.05, 4.69) is 9.64 Å². The second-order valence-electron chi connectivity index (χ2n) is 3.65. The van der Waals surface area contributed by atoms with Gasteiger partial charge in [-0.2, -0.15) is 13.2 Å². The van der Waals surface area contributed by atoms with Crippen molar-refractivity contribution in [2.75, 3.05) is 32.2 Å². The normalized spacial score (nSPS) is 23.6. The molecule has 0 aromatic rings. The highest BCUT2D eigenvalue weighted by Gasteiger charge is 2.28. The molecule has 1 atom stereocenters. The van der Waals surface area contributed by atoms with Crippen LogP contribution in [-0.2, 0) is 4.74 Å². The molecule has 1 rings (SSSR count). The van der Waals surface area contributed by atoms with Crippen LogP contribution in [-0.4, -0.2) is 49.3 Å². The lowest BCUT2D eigenvalue weighted by Crippen LogP contribution is -2.34. The van der Waals surface area contributed by atoms with Crippen LogP contribution in [0.15, 0.2) is 0 Å². The van der Waals surface area contributed by atoms with E-state index in [4.69, 9.17) is 11.6 Å². The Labute approximate surface area is 92.3 Å². The highest BCUT2D eigenvalue weighted by atomic mass is 35.5. The van der Waals surface area contributed by atoms with Gasteiger partial charge in [0.15, 0.2) is 0 Å². The molecule has 0 radical (unpaired) electrons. The van der Waals surface area contributed by atoms with Crippen LogP contribution in [0.3, 0.4) is 0 Å². The van der Waals surface area contributed by atoms with Gasteiger partial charge in [0.05, 0.1) is 6.61 Å². The van der Waals surface area contributed by atoms with E-state index in [1.165, 1.54) is 0 Å². The molecule has 6 heteroatoms. The molecule has 0 spiro atoms. The molecule has 15 heavy (non-hydrogen) atoms. The minimum Gasteiger partial charge on any atom is -0.371 e. The van der Waals surface area contributed by atoms with E-state index in [9.17, 15) is 13.2 Å². The molecule has 1 aliphatic rings. The molecular weight excluding hydrogens is 231 g/mol. The summed E-state index contributed by atoms with van der Waals surface area (Å²) in [7, 11) is 0. The number of ether oxygens (including phenoxy) is 1. The van der Waals surface area contributed by atoms with E-state index >= 15 is 0 Å². The molecule has 1 fully saturated rings. The Balaban J connectivity index is 2.09. The van der Waals surface area contributed by atoms with Gasteiger partial charge in [0.2, 0.25) is 0 Å². The van der Waals surface area contributed by atoms with Crippen molar-refractivity contribution in [3.63, 3.8) is 0 Å². The fourth-order valence-electron chi connectivity index (χ4n) is 1.73. The van der Waals surface area contributed by atoms with Crippen LogP contribution in [0, 0.1) is 0 Å². The average Bonchev–Trinajstić information content (AvgIpc) is 2.58. The van der Waals surface area contributed by atoms with Crippen molar-refractivity contribution in [2.24, 2.45) is 0 Å². The van der Waals surface area contributed by atoms with Crippen molar-refractivity contribution in [3.8, 4) is 0 Å². The van der Waals surface area contributed by atoms with Gasteiger partial charge in [-0.05, 0) is 19.4 Å². The van der Waals surface area contributed by atoms with Crippen molar-refractivity contribution >= 4 is 11.6 Å². The van der Waals surface area contributed by atoms with Crippen LogP contribution in [0.1, 0.15) is 12.8 Å². The van der Waals surface area contributed by atoms with Crippen LogP contribution in [0.4, 0.5) is 13.2 Å². The van der Waals surface area contributed by atoms with Crippen molar-refractivity contribution in [3.05, 3.63) is 0 Å². The molecule has 1 saturated heterocycles. The molecule has 0 aromatic carbocycles. The summed E-state index contributed by atoms with van der Waals surface area (Å²) >= 11 is 5.73. The van der Waals surface area contributed by atoms with Gasteiger partial charge in [0.25, 0.3) is 0 Å². The Morgan fingerprint density at radius 1 is 1.40 bits per heavy atom. The van der Waals surface area contributed by atoms with Crippen molar-refractivity contribution in [2.45, 2.75) is 25.1 Å². The van der Waals surface area contributed by atoms with Crippen LogP contribution >= 0.6 is 11.6 Å². The summed E-state index contributed by atoms with van der Waals surface area (Å²) in [5.74, 6) is 0.541. The topological polar surface area (TPSA) is 12.5 Å². The Morgan fingerprint density at radius 2 is 2.13 bits per heavy atom. The summed E-state index contributed by atoms with van der Waals surface area (Å²) in [5.41, 5.74) is 0. The van der Waals surface area contributed by atoms with E-state index in [0.717, 1.165) is 19.4 Å². The van der Waals surface area contributed by atoms with Crippen LogP contribution < -0.4 is 0 Å². The molecule has 1 unspecified atom stereocenters. The number of rotatable bonds is 5. The predicted octanol–water partition coefficient (Wildman–Crippen LogP) is 2.27. The predicted molar refractivity (Wildman–Crippen MR) is 52.2 cm³/mol. The van der Waals surface area contributed by atoms with E-state index in [1.54, 1.807) is 0 Å². The minimum absolute atomic E-state index is 0.118. The quantitative estimate of drug-likeness (QED) is 0.544. The molecule has 1 aliphatic heterocycles. The van der Waals surface area contributed by atoms with Crippen molar-refractivity contribution < 1.29 is 17.9 Å². The average molecular weight is 246 g/mol. The van der Waals surface area contributed by atoms with Crippen LogP contribution in [0.25, 0.3) is 0 Å². The van der Waals surface area contributed by atoms with Crippen LogP contribution in [0.2, 0.25) is 0 Å². The summed E-state index contributed by atoms with van der Waals surface area (Å²) in [6.45, 7) is 0.402. The largest absolute Gasteiger partial charge is 0.411 e. The monoisotopic (exact) mass is 245 g/mol. The van der Waals surface area contributed by atoms with Gasteiger partial charge < -0.3 is 4.74 Å². The third-order valence-electron chi connectivity index (χ3n) is 2.47. The molecule has 0 amide bonds. The van der Waals surface area contributed by atoms with Gasteiger partial charge in [-0.25, -0.2) is 0 Å². The number of hydrogen-bond acceptors (Lipinski definition) is 2. The maximum absolute atomic E-state index is 11.7. The van der Waals surface area contributed by atoms with E-state index in [0.29, 0.717) is 18.5 Å². The molecule has 2 nitrogen and oxygen atoms in total. The maximum Gasteiger partial charge on any atom is 0.411 e. The summed E-state index contributed by atoms with van der Waals surface area (Å²) in [6, 6.07) is 0.307. The second-order valence-corrected chi connectivity index (χ2v) is 3.96. The van der Waals surface area contributed by atoms with Gasteiger partial charge in [-0.15, -0.1) is 11.6 Å². The first-order valence-corrected chi connectivity index (χ1v) is 5.51. The Hall–Kier alpha value is 0. The lowest BCUT2D eigenvalue weighted by molar-refractivity contribution is -0.174. The molecule has 0 aromatic heterocycles. The zero-order valence-electron chi connectivity index (χ0n) is 8.39. The molecule has 0 saturated carbocycles. The summed E-state index contributed by atoms with van der Waals surface area (Å²) in [4.78, 5) is 2.09. The fourth-order valence-corrected chi connectivity index (χ4v) is 2.08. The summed E-state index contributed by atoms with van der Waals surface area (Å²) in [5, 5.41) is 0. The Bertz CT molecular complexity index is 189. The van der Waals surface area contributed by atoms with Gasteiger partial charge in [-0.3, -0.25) is 4.90 Å². The van der Waals surface area contributed by atoms with E-state index < -0.39 is 12.8 Å². The zero-order valence-corrected chi connectivity index (χ0v) is 9.15. The SMILES string of the molecule is FC(F)(F)COCCN1CCCC1CCl. The van der Waals surface area contributed by atoms with E-state index in [1.807, 2.05) is 0 Å². The van der Waals surface area contributed by atoms with Gasteiger partial charge in [0, 0.05) is 18.5 Å². The molecular formula is C9H15ClF3NO. The molecule has 0 bridgehead atoms. The lowest BCUT2D eigenvalue weighted by atomic mass is 10.2. The van der Waals surface area contributed by atoms with Crippen LogP contribution in [0.5, 0.6) is 0 Å². The van der Waals surface area contributed by atoms with Crippen molar-refractivity contribution in [1.29, 1.82) is 0 Å². The van der Waals surface area contributed by atoms with E-state index in [-0.39, 0.29) is 6.61 Å². The van der Waals surface area contributed by atoms with Crippen molar-refractivity contribution in [1.82, 2.24) is 4.90 Å². The molecule has 0 aliphatic carbocycles. The summed E-state index contributed by atoms with van der Waals surface area (Å²) in [6.07, 6.45) is -2.13. The molecule has 1 heterocycles. The zero-order chi connectivity index (χ0) is 11.3. The number of nitrogens with zero attached hydrogens (tertiary/aromatic N) is 1. The fraction of sp³-hybridized carbons (Fsp3) is 1.00. The lowest BCUT2D eigenvalue weighted by Gasteiger charge is -2.22. The summed E-state index contributed by atoms with van der Waals surface area (Å²) < 4.78 is 39.8. The van der Waals surface area contributed by atoms with Gasteiger partial charge >= 0.3 is 6.18 Å².